The van der Waals surface area contributed by atoms with E-state index in [0.29, 0.717) is 18.5 Å². The summed E-state index contributed by atoms with van der Waals surface area (Å²) in [5.74, 6) is 1.57. The second-order valence-electron chi connectivity index (χ2n) is 8.65. The van der Waals surface area contributed by atoms with Crippen LogP contribution in [0.5, 0.6) is 5.88 Å². The van der Waals surface area contributed by atoms with Crippen LogP contribution in [0.25, 0.3) is 16.9 Å². The van der Waals surface area contributed by atoms with Gasteiger partial charge in [-0.05, 0) is 55.2 Å². The Morgan fingerprint density at radius 3 is 2.62 bits per heavy atom. The lowest BCUT2D eigenvalue weighted by molar-refractivity contribution is 0.210. The van der Waals surface area contributed by atoms with Gasteiger partial charge in [0.15, 0.2) is 0 Å². The van der Waals surface area contributed by atoms with Gasteiger partial charge in [0.2, 0.25) is 5.88 Å². The standard InChI is InChI=1S/C23H25N5O/c1-15-9-17(10-15)25-18-12-27(13-18)19-4-6-20(7-5-19)28-11-16-14-29-23-21(22(16)26-28)3-2-8-24-23/h2-8,11,15,17-18,25H,9-10,12-14H2,1H3. The van der Waals surface area contributed by atoms with Crippen LogP contribution in [0.3, 0.4) is 0 Å². The summed E-state index contributed by atoms with van der Waals surface area (Å²) in [5.41, 5.74) is 5.36. The van der Waals surface area contributed by atoms with Gasteiger partial charge in [-0.25, -0.2) is 9.67 Å². The first kappa shape index (κ1) is 17.0. The molecule has 0 atom stereocenters. The van der Waals surface area contributed by atoms with Gasteiger partial charge in [0.1, 0.15) is 12.3 Å². The summed E-state index contributed by atoms with van der Waals surface area (Å²) in [6.07, 6.45) is 6.49. The van der Waals surface area contributed by atoms with Crippen molar-refractivity contribution in [1.29, 1.82) is 0 Å². The van der Waals surface area contributed by atoms with Gasteiger partial charge >= 0.3 is 0 Å². The normalized spacial score (nSPS) is 22.9. The summed E-state index contributed by atoms with van der Waals surface area (Å²) in [7, 11) is 0. The van der Waals surface area contributed by atoms with E-state index >= 15 is 0 Å². The minimum atomic E-state index is 0.513. The van der Waals surface area contributed by atoms with Gasteiger partial charge in [-0.1, -0.05) is 6.92 Å². The van der Waals surface area contributed by atoms with Gasteiger partial charge in [0.25, 0.3) is 0 Å². The number of ether oxygens (including phenoxy) is 1. The Morgan fingerprint density at radius 2 is 1.83 bits per heavy atom. The van der Waals surface area contributed by atoms with E-state index in [9.17, 15) is 0 Å². The molecule has 0 radical (unpaired) electrons. The summed E-state index contributed by atoms with van der Waals surface area (Å²) in [6.45, 7) is 5.05. The molecule has 1 saturated heterocycles. The Balaban J connectivity index is 1.15. The summed E-state index contributed by atoms with van der Waals surface area (Å²) in [4.78, 5) is 6.74. The zero-order valence-corrected chi connectivity index (χ0v) is 16.6. The highest BCUT2D eigenvalue weighted by Crippen LogP contribution is 2.35. The molecular weight excluding hydrogens is 362 g/mol. The van der Waals surface area contributed by atoms with Crippen LogP contribution in [0.15, 0.2) is 48.8 Å². The Bertz CT molecular complexity index is 1030. The number of benzene rings is 1. The maximum absolute atomic E-state index is 5.75. The van der Waals surface area contributed by atoms with Gasteiger partial charge in [-0.15, -0.1) is 0 Å². The summed E-state index contributed by atoms with van der Waals surface area (Å²) >= 11 is 0. The van der Waals surface area contributed by atoms with Crippen molar-refractivity contribution in [3.05, 3.63) is 54.4 Å². The van der Waals surface area contributed by atoms with Gasteiger partial charge in [0, 0.05) is 48.8 Å². The van der Waals surface area contributed by atoms with E-state index in [1.54, 1.807) is 6.20 Å². The van der Waals surface area contributed by atoms with Crippen molar-refractivity contribution in [1.82, 2.24) is 20.1 Å². The van der Waals surface area contributed by atoms with Crippen LogP contribution < -0.4 is 15.0 Å². The second-order valence-corrected chi connectivity index (χ2v) is 8.65. The van der Waals surface area contributed by atoms with Crippen molar-refractivity contribution in [2.24, 2.45) is 5.92 Å². The molecule has 29 heavy (non-hydrogen) atoms. The molecule has 1 N–H and O–H groups in total. The lowest BCUT2D eigenvalue weighted by atomic mass is 9.81. The molecule has 2 aromatic heterocycles. The van der Waals surface area contributed by atoms with Crippen LogP contribution in [0.1, 0.15) is 25.3 Å². The highest BCUT2D eigenvalue weighted by Gasteiger charge is 2.33. The Labute approximate surface area is 170 Å². The highest BCUT2D eigenvalue weighted by atomic mass is 16.5. The third-order valence-corrected chi connectivity index (χ3v) is 6.39. The molecule has 3 aromatic rings. The van der Waals surface area contributed by atoms with Gasteiger partial charge < -0.3 is 15.0 Å². The third kappa shape index (κ3) is 2.99. The molecule has 0 bridgehead atoms. The smallest absolute Gasteiger partial charge is 0.223 e. The van der Waals surface area contributed by atoms with E-state index in [0.717, 1.165) is 47.6 Å². The first-order valence-corrected chi connectivity index (χ1v) is 10.5. The van der Waals surface area contributed by atoms with Gasteiger partial charge in [0.05, 0.1) is 11.3 Å². The lowest BCUT2D eigenvalue weighted by Gasteiger charge is -2.46. The number of hydrogen-bond acceptors (Lipinski definition) is 5. The number of nitrogens with zero attached hydrogens (tertiary/aromatic N) is 4. The minimum Gasteiger partial charge on any atom is -0.472 e. The van der Waals surface area contributed by atoms with E-state index in [1.807, 2.05) is 16.8 Å². The van der Waals surface area contributed by atoms with E-state index < -0.39 is 0 Å². The largest absolute Gasteiger partial charge is 0.472 e. The maximum atomic E-state index is 5.75. The molecule has 6 heteroatoms. The number of fused-ring (bicyclic) bond motifs is 3. The van der Waals surface area contributed by atoms with Crippen LogP contribution in [-0.4, -0.2) is 39.9 Å². The summed E-state index contributed by atoms with van der Waals surface area (Å²) < 4.78 is 7.69. The molecule has 1 aromatic carbocycles. The van der Waals surface area contributed by atoms with Crippen molar-refractivity contribution in [3.8, 4) is 22.8 Å². The molecule has 2 aliphatic heterocycles. The second kappa shape index (κ2) is 6.59. The molecule has 6 rings (SSSR count). The fourth-order valence-corrected chi connectivity index (χ4v) is 4.69. The van der Waals surface area contributed by atoms with Crippen molar-refractivity contribution in [2.75, 3.05) is 18.0 Å². The molecule has 1 aliphatic carbocycles. The number of anilines is 1. The molecule has 1 saturated carbocycles. The number of aromatic nitrogens is 3. The molecule has 3 aliphatic rings. The van der Waals surface area contributed by atoms with E-state index in [2.05, 4.69) is 52.6 Å². The quantitative estimate of drug-likeness (QED) is 0.744. The van der Waals surface area contributed by atoms with Gasteiger partial charge in [-0.2, -0.15) is 5.10 Å². The monoisotopic (exact) mass is 387 g/mol. The summed E-state index contributed by atoms with van der Waals surface area (Å²) in [6, 6.07) is 14.0. The van der Waals surface area contributed by atoms with E-state index in [4.69, 9.17) is 9.84 Å². The summed E-state index contributed by atoms with van der Waals surface area (Å²) in [5, 5.41) is 8.59. The van der Waals surface area contributed by atoms with Crippen LogP contribution in [-0.2, 0) is 6.61 Å². The Hall–Kier alpha value is -2.86. The number of pyridine rings is 1. The van der Waals surface area contributed by atoms with Crippen molar-refractivity contribution in [3.63, 3.8) is 0 Å². The first-order valence-electron chi connectivity index (χ1n) is 10.5. The zero-order chi connectivity index (χ0) is 19.4. The predicted molar refractivity (Wildman–Crippen MR) is 112 cm³/mol. The molecular formula is C23H25N5O. The fraction of sp³-hybridized carbons (Fsp3) is 0.391. The fourth-order valence-electron chi connectivity index (χ4n) is 4.69. The molecule has 2 fully saturated rings. The minimum absolute atomic E-state index is 0.513. The molecule has 148 valence electrons. The first-order chi connectivity index (χ1) is 14.2. The SMILES string of the molecule is CC1CC(NC2CN(c3ccc(-n4cc5c(n4)-c4cccnc4OC5)cc3)C2)C1. The molecule has 0 spiro atoms. The number of nitrogens with one attached hydrogen (secondary N) is 1. The lowest BCUT2D eigenvalue weighted by Crippen LogP contribution is -2.62. The average Bonchev–Trinajstić information content (AvgIpc) is 3.14. The Morgan fingerprint density at radius 1 is 1.03 bits per heavy atom. The van der Waals surface area contributed by atoms with Crippen LogP contribution in [0.2, 0.25) is 0 Å². The maximum Gasteiger partial charge on any atom is 0.223 e. The predicted octanol–water partition coefficient (Wildman–Crippen LogP) is 3.40. The highest BCUT2D eigenvalue weighted by molar-refractivity contribution is 5.69. The van der Waals surface area contributed by atoms with Crippen molar-refractivity contribution >= 4 is 5.69 Å². The van der Waals surface area contributed by atoms with Crippen molar-refractivity contribution in [2.45, 2.75) is 38.5 Å². The zero-order valence-electron chi connectivity index (χ0n) is 16.6. The van der Waals surface area contributed by atoms with Crippen molar-refractivity contribution < 1.29 is 4.74 Å². The van der Waals surface area contributed by atoms with E-state index in [1.165, 1.54) is 18.5 Å². The molecule has 0 unspecified atom stereocenters. The Kier molecular flexibility index (Phi) is 3.87. The number of rotatable bonds is 4. The topological polar surface area (TPSA) is 55.2 Å². The van der Waals surface area contributed by atoms with Crippen LogP contribution in [0, 0.1) is 5.92 Å². The van der Waals surface area contributed by atoms with Crippen LogP contribution >= 0.6 is 0 Å². The van der Waals surface area contributed by atoms with Crippen LogP contribution in [0.4, 0.5) is 5.69 Å². The molecule has 0 amide bonds. The number of hydrogen-bond donors (Lipinski definition) is 1. The van der Waals surface area contributed by atoms with E-state index in [-0.39, 0.29) is 0 Å². The third-order valence-electron chi connectivity index (χ3n) is 6.39. The molecule has 6 nitrogen and oxygen atoms in total. The van der Waals surface area contributed by atoms with Gasteiger partial charge in [-0.3, -0.25) is 0 Å². The molecule has 4 heterocycles. The average molecular weight is 387 g/mol.